The molecule has 1 aliphatic rings. The minimum Gasteiger partial charge on any atom is -0.449 e. The van der Waals surface area contributed by atoms with Gasteiger partial charge >= 0.3 is 6.09 Å². The lowest BCUT2D eigenvalue weighted by Crippen LogP contribution is -2.38. The average Bonchev–Trinajstić information content (AvgIpc) is 2.84. The Labute approximate surface area is 160 Å². The third-order valence-electron chi connectivity index (χ3n) is 3.99. The van der Waals surface area contributed by atoms with Crippen LogP contribution in [-0.2, 0) is 14.8 Å². The van der Waals surface area contributed by atoms with Crippen molar-refractivity contribution < 1.29 is 22.7 Å². The highest BCUT2D eigenvalue weighted by atomic mass is 32.2. The standard InChI is InChI=1S/C18H27N3O5S/c1-14(2)13-26-18(23)21-9-5-8-20(10-11-21)17(22)15-6-4-7-16(12-15)19-27(3,24)25/h4,6-7,12,14,19H,5,8-11,13H2,1-3H3. The highest BCUT2D eigenvalue weighted by Crippen LogP contribution is 2.15. The molecule has 0 saturated carbocycles. The van der Waals surface area contributed by atoms with Crippen molar-refractivity contribution in [3.05, 3.63) is 29.8 Å². The molecule has 9 heteroatoms. The molecule has 1 aromatic rings. The van der Waals surface area contributed by atoms with Gasteiger partial charge < -0.3 is 14.5 Å². The van der Waals surface area contributed by atoms with E-state index < -0.39 is 10.0 Å². The summed E-state index contributed by atoms with van der Waals surface area (Å²) in [6.07, 6.45) is 1.37. The number of carbonyl (C=O) groups excluding carboxylic acids is 2. The van der Waals surface area contributed by atoms with Crippen molar-refractivity contribution in [2.45, 2.75) is 20.3 Å². The second kappa shape index (κ2) is 9.07. The Morgan fingerprint density at radius 2 is 1.81 bits per heavy atom. The van der Waals surface area contributed by atoms with Gasteiger partial charge in [0.2, 0.25) is 10.0 Å². The molecule has 0 aromatic heterocycles. The minimum absolute atomic E-state index is 0.190. The van der Waals surface area contributed by atoms with E-state index in [0.29, 0.717) is 50.5 Å². The van der Waals surface area contributed by atoms with Crippen LogP contribution in [0.2, 0.25) is 0 Å². The number of hydrogen-bond acceptors (Lipinski definition) is 5. The van der Waals surface area contributed by atoms with E-state index in [1.54, 1.807) is 28.0 Å². The Kier molecular flexibility index (Phi) is 7.06. The maximum atomic E-state index is 12.8. The van der Waals surface area contributed by atoms with Gasteiger partial charge in [0, 0.05) is 37.4 Å². The zero-order valence-corrected chi connectivity index (χ0v) is 16.8. The lowest BCUT2D eigenvalue weighted by atomic mass is 10.1. The fourth-order valence-electron chi connectivity index (χ4n) is 2.74. The molecule has 0 spiro atoms. The predicted molar refractivity (Wildman–Crippen MR) is 103 cm³/mol. The topological polar surface area (TPSA) is 96.0 Å². The molecule has 1 saturated heterocycles. The van der Waals surface area contributed by atoms with Gasteiger partial charge in [0.1, 0.15) is 0 Å². The summed E-state index contributed by atoms with van der Waals surface area (Å²) in [6, 6.07) is 6.39. The van der Waals surface area contributed by atoms with Crippen LogP contribution in [0.4, 0.5) is 10.5 Å². The monoisotopic (exact) mass is 397 g/mol. The van der Waals surface area contributed by atoms with Crippen LogP contribution >= 0.6 is 0 Å². The summed E-state index contributed by atoms with van der Waals surface area (Å²) >= 11 is 0. The summed E-state index contributed by atoms with van der Waals surface area (Å²) in [4.78, 5) is 28.2. The van der Waals surface area contributed by atoms with E-state index in [-0.39, 0.29) is 17.9 Å². The SMILES string of the molecule is CC(C)COC(=O)N1CCCN(C(=O)c2cccc(NS(C)(=O)=O)c2)CC1. The summed E-state index contributed by atoms with van der Waals surface area (Å²) in [5.74, 6) is 0.0800. The van der Waals surface area contributed by atoms with Crippen molar-refractivity contribution in [1.82, 2.24) is 9.80 Å². The lowest BCUT2D eigenvalue weighted by Gasteiger charge is -2.22. The summed E-state index contributed by atoms with van der Waals surface area (Å²) in [5.41, 5.74) is 0.747. The number of rotatable bonds is 5. The van der Waals surface area contributed by atoms with Gasteiger partial charge in [-0.3, -0.25) is 9.52 Å². The van der Waals surface area contributed by atoms with Crippen LogP contribution in [0, 0.1) is 5.92 Å². The zero-order chi connectivity index (χ0) is 20.0. The third kappa shape index (κ3) is 6.74. The highest BCUT2D eigenvalue weighted by Gasteiger charge is 2.24. The molecule has 0 aliphatic carbocycles. The Morgan fingerprint density at radius 3 is 2.48 bits per heavy atom. The lowest BCUT2D eigenvalue weighted by molar-refractivity contribution is 0.0746. The number of anilines is 1. The number of sulfonamides is 1. The molecule has 0 bridgehead atoms. The first-order chi connectivity index (χ1) is 12.7. The fourth-order valence-corrected chi connectivity index (χ4v) is 3.30. The van der Waals surface area contributed by atoms with Crippen molar-refractivity contribution >= 4 is 27.7 Å². The van der Waals surface area contributed by atoms with Crippen molar-refractivity contribution in [3.8, 4) is 0 Å². The minimum atomic E-state index is -3.41. The maximum absolute atomic E-state index is 12.8. The van der Waals surface area contributed by atoms with Crippen LogP contribution in [0.3, 0.4) is 0 Å². The molecular weight excluding hydrogens is 370 g/mol. The Hall–Kier alpha value is -2.29. The largest absolute Gasteiger partial charge is 0.449 e. The number of nitrogens with zero attached hydrogens (tertiary/aromatic N) is 2. The summed E-state index contributed by atoms with van der Waals surface area (Å²) < 4.78 is 30.4. The van der Waals surface area contributed by atoms with E-state index in [1.165, 1.54) is 6.07 Å². The number of benzene rings is 1. The Balaban J connectivity index is 2.00. The van der Waals surface area contributed by atoms with E-state index in [4.69, 9.17) is 4.74 Å². The van der Waals surface area contributed by atoms with Crippen LogP contribution in [0.15, 0.2) is 24.3 Å². The van der Waals surface area contributed by atoms with Crippen molar-refractivity contribution in [1.29, 1.82) is 0 Å². The summed E-state index contributed by atoms with van der Waals surface area (Å²) in [6.45, 7) is 6.19. The molecule has 1 fully saturated rings. The maximum Gasteiger partial charge on any atom is 0.409 e. The molecule has 1 N–H and O–H groups in total. The molecule has 0 unspecified atom stereocenters. The van der Waals surface area contributed by atoms with Crippen molar-refractivity contribution in [3.63, 3.8) is 0 Å². The average molecular weight is 397 g/mol. The Morgan fingerprint density at radius 1 is 1.15 bits per heavy atom. The quantitative estimate of drug-likeness (QED) is 0.820. The number of amides is 2. The van der Waals surface area contributed by atoms with Crippen molar-refractivity contribution in [2.75, 3.05) is 43.8 Å². The smallest absolute Gasteiger partial charge is 0.409 e. The molecule has 2 rings (SSSR count). The van der Waals surface area contributed by atoms with Gasteiger partial charge in [-0.25, -0.2) is 13.2 Å². The molecule has 27 heavy (non-hydrogen) atoms. The molecule has 1 heterocycles. The van der Waals surface area contributed by atoms with E-state index in [2.05, 4.69) is 4.72 Å². The van der Waals surface area contributed by atoms with Gasteiger partial charge in [-0.05, 0) is 30.5 Å². The summed E-state index contributed by atoms with van der Waals surface area (Å²) in [7, 11) is -3.41. The zero-order valence-electron chi connectivity index (χ0n) is 16.0. The fraction of sp³-hybridized carbons (Fsp3) is 0.556. The molecule has 0 radical (unpaired) electrons. The van der Waals surface area contributed by atoms with Gasteiger partial charge in [0.05, 0.1) is 12.9 Å². The number of hydrogen-bond donors (Lipinski definition) is 1. The van der Waals surface area contributed by atoms with Crippen LogP contribution in [0.5, 0.6) is 0 Å². The molecule has 8 nitrogen and oxygen atoms in total. The van der Waals surface area contributed by atoms with Gasteiger partial charge in [-0.15, -0.1) is 0 Å². The molecular formula is C18H27N3O5S. The molecule has 0 atom stereocenters. The van der Waals surface area contributed by atoms with Gasteiger partial charge in [0.15, 0.2) is 0 Å². The second-order valence-corrected chi connectivity index (χ2v) is 8.81. The van der Waals surface area contributed by atoms with Crippen molar-refractivity contribution in [2.24, 2.45) is 5.92 Å². The van der Waals surface area contributed by atoms with Crippen LogP contribution in [0.1, 0.15) is 30.6 Å². The first-order valence-corrected chi connectivity index (χ1v) is 10.8. The number of nitrogens with one attached hydrogen (secondary N) is 1. The van der Waals surface area contributed by atoms with Gasteiger partial charge in [-0.2, -0.15) is 0 Å². The molecule has 2 amide bonds. The summed E-state index contributed by atoms with van der Waals surface area (Å²) in [5, 5.41) is 0. The molecule has 1 aliphatic heterocycles. The predicted octanol–water partition coefficient (Wildman–Crippen LogP) is 2.00. The molecule has 150 valence electrons. The van der Waals surface area contributed by atoms with Crippen LogP contribution in [-0.4, -0.2) is 69.3 Å². The van der Waals surface area contributed by atoms with Gasteiger partial charge in [0.25, 0.3) is 5.91 Å². The van der Waals surface area contributed by atoms with E-state index in [1.807, 2.05) is 13.8 Å². The number of carbonyl (C=O) groups is 2. The van der Waals surface area contributed by atoms with Gasteiger partial charge in [-0.1, -0.05) is 19.9 Å². The molecule has 1 aromatic carbocycles. The van der Waals surface area contributed by atoms with E-state index in [0.717, 1.165) is 6.26 Å². The Bertz CT molecular complexity index is 779. The third-order valence-corrected chi connectivity index (χ3v) is 4.60. The normalized spacial score (nSPS) is 15.4. The van der Waals surface area contributed by atoms with E-state index in [9.17, 15) is 18.0 Å². The van der Waals surface area contributed by atoms with E-state index >= 15 is 0 Å². The highest BCUT2D eigenvalue weighted by molar-refractivity contribution is 7.92. The van der Waals surface area contributed by atoms with Crippen LogP contribution in [0.25, 0.3) is 0 Å². The first-order valence-electron chi connectivity index (χ1n) is 8.94. The second-order valence-electron chi connectivity index (χ2n) is 7.06. The first kappa shape index (κ1) is 21.0. The number of ether oxygens (including phenoxy) is 1. The van der Waals surface area contributed by atoms with Crippen LogP contribution < -0.4 is 4.72 Å².